The summed E-state index contributed by atoms with van der Waals surface area (Å²) in [6, 6.07) is 15.0. The zero-order valence-electron chi connectivity index (χ0n) is 18.9. The van der Waals surface area contributed by atoms with Crippen molar-refractivity contribution < 1.29 is 23.8 Å². The highest BCUT2D eigenvalue weighted by atomic mass is 16.5. The third kappa shape index (κ3) is 7.29. The summed E-state index contributed by atoms with van der Waals surface area (Å²) in [5.41, 5.74) is 1.89. The molecule has 7 heteroatoms. The van der Waals surface area contributed by atoms with Gasteiger partial charge in [0.25, 0.3) is 0 Å². The molecular weight excluding hydrogens is 396 g/mol. The fraction of sp³-hybridized carbons (Fsp3) is 0.417. The van der Waals surface area contributed by atoms with E-state index in [0.29, 0.717) is 24.6 Å². The Labute approximate surface area is 184 Å². The molecule has 0 spiro atoms. The molecule has 1 amide bonds. The zero-order chi connectivity index (χ0) is 22.8. The monoisotopic (exact) mass is 428 g/mol. The van der Waals surface area contributed by atoms with Crippen LogP contribution in [-0.4, -0.2) is 51.2 Å². The van der Waals surface area contributed by atoms with Crippen LogP contribution in [0.2, 0.25) is 0 Å². The summed E-state index contributed by atoms with van der Waals surface area (Å²) in [7, 11) is 4.56. The number of nitrogens with zero attached hydrogens (tertiary/aromatic N) is 1. The Morgan fingerprint density at radius 1 is 1.00 bits per heavy atom. The second-order valence-corrected chi connectivity index (χ2v) is 7.48. The predicted octanol–water partition coefficient (Wildman–Crippen LogP) is 3.19. The fourth-order valence-corrected chi connectivity index (χ4v) is 3.44. The normalized spacial score (nSPS) is 12.7. The Morgan fingerprint density at radius 3 is 2.32 bits per heavy atom. The molecule has 0 aliphatic carbocycles. The largest absolute Gasteiger partial charge is 0.497 e. The number of methoxy groups -OCH3 is 3. The Morgan fingerprint density at radius 2 is 1.71 bits per heavy atom. The minimum absolute atomic E-state index is 0.146. The predicted molar refractivity (Wildman–Crippen MR) is 119 cm³/mol. The molecule has 0 heterocycles. The van der Waals surface area contributed by atoms with E-state index in [2.05, 4.69) is 5.32 Å². The standard InChI is InChI=1S/C24H32N2O5/c1-17(24(28)31-5)14-26(15-19-9-7-6-8-10-19)16-23(27)25-18(2)21-13-20(29-3)11-12-22(21)30-4/h6-13,17-18H,14-16H2,1-5H3,(H,25,27). The van der Waals surface area contributed by atoms with Gasteiger partial charge in [-0.2, -0.15) is 0 Å². The van der Waals surface area contributed by atoms with Crippen LogP contribution in [0, 0.1) is 5.92 Å². The van der Waals surface area contributed by atoms with Gasteiger partial charge in [0, 0.05) is 18.7 Å². The number of hydrogen-bond acceptors (Lipinski definition) is 6. The molecule has 0 saturated heterocycles. The van der Waals surface area contributed by atoms with E-state index in [1.54, 1.807) is 21.1 Å². The third-order valence-electron chi connectivity index (χ3n) is 5.03. The quantitative estimate of drug-likeness (QED) is 0.554. The van der Waals surface area contributed by atoms with E-state index in [1.807, 2.05) is 60.4 Å². The van der Waals surface area contributed by atoms with Crippen LogP contribution in [-0.2, 0) is 20.9 Å². The van der Waals surface area contributed by atoms with Gasteiger partial charge in [0.05, 0.1) is 39.8 Å². The molecule has 0 aromatic heterocycles. The highest BCUT2D eigenvalue weighted by Gasteiger charge is 2.21. The van der Waals surface area contributed by atoms with Crippen molar-refractivity contribution in [1.82, 2.24) is 10.2 Å². The lowest BCUT2D eigenvalue weighted by atomic mass is 10.1. The highest BCUT2D eigenvalue weighted by Crippen LogP contribution is 2.29. The van der Waals surface area contributed by atoms with Crippen LogP contribution in [0.4, 0.5) is 0 Å². The average Bonchev–Trinajstić information content (AvgIpc) is 2.78. The van der Waals surface area contributed by atoms with Gasteiger partial charge >= 0.3 is 5.97 Å². The Balaban J connectivity index is 2.10. The van der Waals surface area contributed by atoms with Crippen molar-refractivity contribution in [3.05, 3.63) is 59.7 Å². The van der Waals surface area contributed by atoms with Gasteiger partial charge in [-0.15, -0.1) is 0 Å². The van der Waals surface area contributed by atoms with Crippen LogP contribution < -0.4 is 14.8 Å². The highest BCUT2D eigenvalue weighted by molar-refractivity contribution is 5.79. The van der Waals surface area contributed by atoms with Crippen molar-refractivity contribution >= 4 is 11.9 Å². The van der Waals surface area contributed by atoms with Crippen molar-refractivity contribution in [3.8, 4) is 11.5 Å². The first kappa shape index (κ1) is 24.2. The van der Waals surface area contributed by atoms with Gasteiger partial charge < -0.3 is 19.5 Å². The maximum absolute atomic E-state index is 12.9. The first-order valence-corrected chi connectivity index (χ1v) is 10.2. The molecule has 1 N–H and O–H groups in total. The second-order valence-electron chi connectivity index (χ2n) is 7.48. The first-order valence-electron chi connectivity index (χ1n) is 10.2. The maximum atomic E-state index is 12.9. The smallest absolute Gasteiger partial charge is 0.309 e. The van der Waals surface area contributed by atoms with E-state index in [9.17, 15) is 9.59 Å². The van der Waals surface area contributed by atoms with E-state index >= 15 is 0 Å². The molecule has 2 aromatic carbocycles. The topological polar surface area (TPSA) is 77.1 Å². The molecule has 0 fully saturated rings. The summed E-state index contributed by atoms with van der Waals surface area (Å²) in [6.07, 6.45) is 0. The summed E-state index contributed by atoms with van der Waals surface area (Å²) < 4.78 is 15.6. The van der Waals surface area contributed by atoms with Crippen molar-refractivity contribution in [2.45, 2.75) is 26.4 Å². The van der Waals surface area contributed by atoms with Crippen molar-refractivity contribution in [2.24, 2.45) is 5.92 Å². The molecule has 0 aliphatic heterocycles. The molecule has 31 heavy (non-hydrogen) atoms. The number of ether oxygens (including phenoxy) is 3. The number of benzene rings is 2. The van der Waals surface area contributed by atoms with E-state index in [4.69, 9.17) is 14.2 Å². The van der Waals surface area contributed by atoms with Gasteiger partial charge in [0.2, 0.25) is 5.91 Å². The lowest BCUT2D eigenvalue weighted by Gasteiger charge is -2.25. The van der Waals surface area contributed by atoms with Crippen molar-refractivity contribution in [1.29, 1.82) is 0 Å². The Hall–Kier alpha value is -3.06. The van der Waals surface area contributed by atoms with Crippen LogP contribution in [0.15, 0.2) is 48.5 Å². The molecular formula is C24H32N2O5. The number of amides is 1. The van der Waals surface area contributed by atoms with Gasteiger partial charge in [-0.05, 0) is 30.7 Å². The van der Waals surface area contributed by atoms with Gasteiger partial charge in [-0.25, -0.2) is 0 Å². The summed E-state index contributed by atoms with van der Waals surface area (Å²) in [6.45, 7) is 4.80. The van der Waals surface area contributed by atoms with Crippen LogP contribution in [0.3, 0.4) is 0 Å². The molecule has 0 saturated carbocycles. The number of esters is 1. The van der Waals surface area contributed by atoms with Crippen LogP contribution in [0.1, 0.15) is 31.0 Å². The lowest BCUT2D eigenvalue weighted by Crippen LogP contribution is -2.41. The minimum Gasteiger partial charge on any atom is -0.497 e. The summed E-state index contributed by atoms with van der Waals surface area (Å²) >= 11 is 0. The van der Waals surface area contributed by atoms with Crippen LogP contribution in [0.25, 0.3) is 0 Å². The molecule has 0 radical (unpaired) electrons. The first-order chi connectivity index (χ1) is 14.9. The number of carbonyl (C=O) groups excluding carboxylic acids is 2. The molecule has 168 valence electrons. The Bertz CT molecular complexity index is 856. The molecule has 7 nitrogen and oxygen atoms in total. The van der Waals surface area contributed by atoms with Gasteiger partial charge in [-0.1, -0.05) is 37.3 Å². The minimum atomic E-state index is -0.350. The van der Waals surface area contributed by atoms with Gasteiger partial charge in [-0.3, -0.25) is 14.5 Å². The zero-order valence-corrected chi connectivity index (χ0v) is 18.9. The third-order valence-corrected chi connectivity index (χ3v) is 5.03. The number of rotatable bonds is 11. The molecule has 2 rings (SSSR count). The second kappa shape index (κ2) is 12.0. The van der Waals surface area contributed by atoms with E-state index in [-0.39, 0.29) is 30.4 Å². The van der Waals surface area contributed by atoms with Crippen LogP contribution in [0.5, 0.6) is 11.5 Å². The van der Waals surface area contributed by atoms with Crippen molar-refractivity contribution in [3.63, 3.8) is 0 Å². The lowest BCUT2D eigenvalue weighted by molar-refractivity contribution is -0.145. The Kier molecular flexibility index (Phi) is 9.34. The molecule has 2 unspecified atom stereocenters. The summed E-state index contributed by atoms with van der Waals surface area (Å²) in [4.78, 5) is 26.7. The van der Waals surface area contributed by atoms with E-state index < -0.39 is 0 Å². The average molecular weight is 429 g/mol. The number of nitrogens with one attached hydrogen (secondary N) is 1. The fourth-order valence-electron chi connectivity index (χ4n) is 3.44. The van der Waals surface area contributed by atoms with E-state index in [1.165, 1.54) is 7.11 Å². The molecule has 2 aromatic rings. The SMILES string of the molecule is COC(=O)C(C)CN(CC(=O)NC(C)c1cc(OC)ccc1OC)Cc1ccccc1. The van der Waals surface area contributed by atoms with Crippen LogP contribution >= 0.6 is 0 Å². The molecule has 0 aliphatic rings. The van der Waals surface area contributed by atoms with Crippen molar-refractivity contribution in [2.75, 3.05) is 34.4 Å². The number of hydrogen-bond donors (Lipinski definition) is 1. The summed E-state index contributed by atoms with van der Waals surface area (Å²) in [5.74, 6) is 0.569. The maximum Gasteiger partial charge on any atom is 0.309 e. The molecule has 0 bridgehead atoms. The van der Waals surface area contributed by atoms with Gasteiger partial charge in [0.15, 0.2) is 0 Å². The van der Waals surface area contributed by atoms with Gasteiger partial charge in [0.1, 0.15) is 11.5 Å². The van der Waals surface area contributed by atoms with E-state index in [0.717, 1.165) is 11.1 Å². The summed E-state index contributed by atoms with van der Waals surface area (Å²) in [5, 5.41) is 3.02. The number of carbonyl (C=O) groups is 2. The molecule has 2 atom stereocenters.